The van der Waals surface area contributed by atoms with E-state index in [0.29, 0.717) is 24.6 Å². The normalized spacial score (nSPS) is 26.6. The molecule has 1 amide bonds. The molecule has 2 aromatic rings. The number of nitrogens with zero attached hydrogens (tertiary/aromatic N) is 2. The maximum absolute atomic E-state index is 13.5. The number of aromatic nitrogens is 1. The Balaban J connectivity index is 1.53. The molecule has 2 bridgehead atoms. The van der Waals surface area contributed by atoms with Crippen LogP contribution in [-0.4, -0.2) is 53.3 Å². The smallest absolute Gasteiger partial charge is 0.258 e. The molecular formula is C25H31N3O4. The second-order valence-corrected chi connectivity index (χ2v) is 9.22. The summed E-state index contributed by atoms with van der Waals surface area (Å²) in [6, 6.07) is 11.1. The van der Waals surface area contributed by atoms with Crippen LogP contribution in [0.4, 0.5) is 0 Å². The maximum atomic E-state index is 13.5. The minimum absolute atomic E-state index is 0.00188. The number of ether oxygens (including phenoxy) is 1. The quantitative estimate of drug-likeness (QED) is 0.693. The van der Waals surface area contributed by atoms with Crippen molar-refractivity contribution in [3.8, 4) is 16.9 Å². The fourth-order valence-electron chi connectivity index (χ4n) is 5.63. The van der Waals surface area contributed by atoms with Gasteiger partial charge in [0.25, 0.3) is 5.56 Å². The summed E-state index contributed by atoms with van der Waals surface area (Å²) in [4.78, 5) is 29.1. The predicted octanol–water partition coefficient (Wildman–Crippen LogP) is 2.03. The van der Waals surface area contributed by atoms with E-state index >= 15 is 0 Å². The zero-order valence-corrected chi connectivity index (χ0v) is 18.7. The van der Waals surface area contributed by atoms with Crippen LogP contribution in [0, 0.1) is 17.8 Å². The highest BCUT2D eigenvalue weighted by Crippen LogP contribution is 2.48. The second kappa shape index (κ2) is 8.37. The first kappa shape index (κ1) is 21.2. The minimum Gasteiger partial charge on any atom is -0.497 e. The van der Waals surface area contributed by atoms with Gasteiger partial charge in [0.1, 0.15) is 5.75 Å². The van der Waals surface area contributed by atoms with Gasteiger partial charge in [-0.2, -0.15) is 0 Å². The number of fused-ring (bicyclic) bond motifs is 4. The number of methoxy groups -OCH3 is 1. The van der Waals surface area contributed by atoms with Crippen molar-refractivity contribution in [2.24, 2.45) is 17.8 Å². The molecule has 7 nitrogen and oxygen atoms in total. The van der Waals surface area contributed by atoms with Crippen LogP contribution in [0.25, 0.3) is 11.1 Å². The van der Waals surface area contributed by atoms with Crippen molar-refractivity contribution in [1.82, 2.24) is 14.8 Å². The molecule has 170 valence electrons. The Morgan fingerprint density at radius 1 is 1.19 bits per heavy atom. The number of hydrogen-bond donors (Lipinski definition) is 2. The lowest BCUT2D eigenvalue weighted by Gasteiger charge is -2.37. The lowest BCUT2D eigenvalue weighted by molar-refractivity contribution is -0.127. The summed E-state index contributed by atoms with van der Waals surface area (Å²) < 4.78 is 7.06. The zero-order chi connectivity index (χ0) is 22.4. The van der Waals surface area contributed by atoms with E-state index in [1.54, 1.807) is 7.11 Å². The maximum Gasteiger partial charge on any atom is 0.258 e. The van der Waals surface area contributed by atoms with E-state index in [9.17, 15) is 14.7 Å². The number of benzene rings is 1. The van der Waals surface area contributed by atoms with E-state index in [4.69, 9.17) is 4.74 Å². The van der Waals surface area contributed by atoms with Gasteiger partial charge >= 0.3 is 0 Å². The van der Waals surface area contributed by atoms with Gasteiger partial charge in [-0.25, -0.2) is 0 Å². The van der Waals surface area contributed by atoms with E-state index in [1.807, 2.05) is 41.0 Å². The summed E-state index contributed by atoms with van der Waals surface area (Å²) in [6.45, 7) is 3.98. The van der Waals surface area contributed by atoms with Gasteiger partial charge in [0, 0.05) is 42.9 Å². The van der Waals surface area contributed by atoms with Gasteiger partial charge < -0.3 is 19.7 Å². The average molecular weight is 438 g/mol. The Bertz CT molecular complexity index is 1060. The third-order valence-corrected chi connectivity index (χ3v) is 7.50. The molecule has 1 aromatic carbocycles. The summed E-state index contributed by atoms with van der Waals surface area (Å²) in [5, 5.41) is 13.4. The van der Waals surface area contributed by atoms with Crippen molar-refractivity contribution < 1.29 is 14.6 Å². The number of hydrogen-bond acceptors (Lipinski definition) is 5. The fraction of sp³-hybridized carbons (Fsp3) is 0.520. The summed E-state index contributed by atoms with van der Waals surface area (Å²) in [5.74, 6) is 0.791. The molecule has 1 aromatic heterocycles. The number of carbonyl (C=O) groups is 1. The van der Waals surface area contributed by atoms with Crippen LogP contribution in [-0.2, 0) is 11.3 Å². The van der Waals surface area contributed by atoms with Crippen molar-refractivity contribution in [2.45, 2.75) is 38.4 Å². The highest BCUT2D eigenvalue weighted by Gasteiger charge is 2.55. The highest BCUT2D eigenvalue weighted by atomic mass is 16.5. The van der Waals surface area contributed by atoms with Crippen LogP contribution in [0.15, 0.2) is 41.2 Å². The van der Waals surface area contributed by atoms with Gasteiger partial charge in [-0.05, 0) is 55.1 Å². The monoisotopic (exact) mass is 437 g/mol. The standard InChI is InChI=1S/C25H31N3O4/c1-3-27-21-13-28-20(11-10-18(25(28)31)16-6-8-17(32-2)9-7-16)23(27)22(19(21)14-29)24(30)26-12-15-4-5-15/h6-11,15,19,21-23,29H,3-5,12-14H2,1-2H3,(H,26,30)/t19-,21-,22+,23+/m1/s1. The second-order valence-electron chi connectivity index (χ2n) is 9.22. The van der Waals surface area contributed by atoms with Crippen LogP contribution in [0.3, 0.4) is 0 Å². The molecule has 3 aliphatic rings. The SMILES string of the molecule is CCN1[C@@H]2Cn3c(ccc(-c4ccc(OC)cc4)c3=O)[C@H]1[C@@H](C(=O)NCC1CC1)[C@@H]2CO. The highest BCUT2D eigenvalue weighted by molar-refractivity contribution is 5.81. The van der Waals surface area contributed by atoms with Crippen LogP contribution < -0.4 is 15.6 Å². The lowest BCUT2D eigenvalue weighted by Crippen LogP contribution is -2.46. The molecule has 32 heavy (non-hydrogen) atoms. The van der Waals surface area contributed by atoms with Gasteiger partial charge in [0.05, 0.1) is 19.1 Å². The third kappa shape index (κ3) is 3.44. The third-order valence-electron chi connectivity index (χ3n) is 7.50. The molecule has 4 atom stereocenters. The zero-order valence-electron chi connectivity index (χ0n) is 18.7. The molecule has 1 aliphatic carbocycles. The number of aliphatic hydroxyl groups excluding tert-OH is 1. The van der Waals surface area contributed by atoms with Crippen LogP contribution in [0.1, 0.15) is 31.5 Å². The van der Waals surface area contributed by atoms with E-state index in [1.165, 1.54) is 12.8 Å². The van der Waals surface area contributed by atoms with Crippen LogP contribution >= 0.6 is 0 Å². The Labute approximate surface area is 188 Å². The Morgan fingerprint density at radius 2 is 1.94 bits per heavy atom. The topological polar surface area (TPSA) is 83.8 Å². The van der Waals surface area contributed by atoms with Gasteiger partial charge in [-0.1, -0.05) is 19.1 Å². The first-order chi connectivity index (χ1) is 15.6. The largest absolute Gasteiger partial charge is 0.497 e. The number of amides is 1. The molecule has 2 N–H and O–H groups in total. The summed E-state index contributed by atoms with van der Waals surface area (Å²) in [5.41, 5.74) is 2.30. The van der Waals surface area contributed by atoms with Crippen LogP contribution in [0.5, 0.6) is 5.75 Å². The van der Waals surface area contributed by atoms with E-state index in [0.717, 1.165) is 23.6 Å². The van der Waals surface area contributed by atoms with E-state index < -0.39 is 0 Å². The molecule has 7 heteroatoms. The predicted molar refractivity (Wildman–Crippen MR) is 121 cm³/mol. The number of likely N-dealkylation sites (N-methyl/N-ethyl adjacent to an activating group) is 1. The van der Waals surface area contributed by atoms with E-state index in [-0.39, 0.29) is 42.0 Å². The molecule has 5 rings (SSSR count). The molecule has 0 spiro atoms. The Hall–Kier alpha value is -2.64. The minimum atomic E-state index is -0.358. The van der Waals surface area contributed by atoms with Crippen molar-refractivity contribution in [1.29, 1.82) is 0 Å². The number of rotatable bonds is 7. The summed E-state index contributed by atoms with van der Waals surface area (Å²) in [7, 11) is 1.62. The number of nitrogens with one attached hydrogen (secondary N) is 1. The molecule has 3 heterocycles. The number of pyridine rings is 1. The molecular weight excluding hydrogens is 406 g/mol. The van der Waals surface area contributed by atoms with Gasteiger partial charge in [-0.3, -0.25) is 14.5 Å². The van der Waals surface area contributed by atoms with Gasteiger partial charge in [0.15, 0.2) is 0 Å². The molecule has 2 fully saturated rings. The van der Waals surface area contributed by atoms with Gasteiger partial charge in [-0.15, -0.1) is 0 Å². The number of aliphatic hydroxyl groups is 1. The first-order valence-corrected chi connectivity index (χ1v) is 11.6. The van der Waals surface area contributed by atoms with Crippen molar-refractivity contribution in [3.05, 3.63) is 52.4 Å². The average Bonchev–Trinajstić information content (AvgIpc) is 3.62. The summed E-state index contributed by atoms with van der Waals surface area (Å²) in [6.07, 6.45) is 2.35. The van der Waals surface area contributed by atoms with Crippen LogP contribution in [0.2, 0.25) is 0 Å². The van der Waals surface area contributed by atoms with Crippen molar-refractivity contribution >= 4 is 5.91 Å². The first-order valence-electron chi connectivity index (χ1n) is 11.6. The molecule has 2 aliphatic heterocycles. The number of carbonyl (C=O) groups excluding carboxylic acids is 1. The molecule has 1 saturated carbocycles. The Morgan fingerprint density at radius 3 is 2.56 bits per heavy atom. The van der Waals surface area contributed by atoms with E-state index in [2.05, 4.69) is 17.1 Å². The molecule has 0 unspecified atom stereocenters. The van der Waals surface area contributed by atoms with Gasteiger partial charge in [0.2, 0.25) is 5.91 Å². The fourth-order valence-corrected chi connectivity index (χ4v) is 5.63. The van der Waals surface area contributed by atoms with Crippen molar-refractivity contribution in [3.63, 3.8) is 0 Å². The molecule has 0 radical (unpaired) electrons. The van der Waals surface area contributed by atoms with Crippen molar-refractivity contribution in [2.75, 3.05) is 26.8 Å². The lowest BCUT2D eigenvalue weighted by atomic mass is 9.86. The Kier molecular flexibility index (Phi) is 5.55. The molecule has 1 saturated heterocycles. The summed E-state index contributed by atoms with van der Waals surface area (Å²) >= 11 is 0.